The highest BCUT2D eigenvalue weighted by atomic mass is 16.5. The number of aryl methyl sites for hydroxylation is 2. The summed E-state index contributed by atoms with van der Waals surface area (Å²) < 4.78 is 5.07. The van der Waals surface area contributed by atoms with Gasteiger partial charge in [-0.1, -0.05) is 5.16 Å². The zero-order chi connectivity index (χ0) is 14.1. The van der Waals surface area contributed by atoms with E-state index < -0.39 is 0 Å². The second kappa shape index (κ2) is 4.80. The molecule has 0 atom stereocenters. The first-order valence-corrected chi connectivity index (χ1v) is 6.28. The van der Waals surface area contributed by atoms with Gasteiger partial charge in [0.25, 0.3) is 5.91 Å². The Balaban J connectivity index is 1.76. The van der Waals surface area contributed by atoms with E-state index in [-0.39, 0.29) is 5.91 Å². The van der Waals surface area contributed by atoms with Gasteiger partial charge in [0, 0.05) is 17.7 Å². The molecule has 0 spiro atoms. The van der Waals surface area contributed by atoms with Crippen LogP contribution in [0.2, 0.25) is 0 Å². The predicted octanol–water partition coefficient (Wildman–Crippen LogP) is 2.10. The van der Waals surface area contributed by atoms with Gasteiger partial charge in [0.2, 0.25) is 0 Å². The molecule has 6 nitrogen and oxygen atoms in total. The Morgan fingerprint density at radius 2 is 2.25 bits per heavy atom. The van der Waals surface area contributed by atoms with Crippen molar-refractivity contribution in [2.24, 2.45) is 0 Å². The molecule has 0 fully saturated rings. The lowest BCUT2D eigenvalue weighted by molar-refractivity contribution is 0.0951. The van der Waals surface area contributed by atoms with E-state index in [9.17, 15) is 4.79 Å². The molecule has 0 radical (unpaired) electrons. The third kappa shape index (κ3) is 2.16. The molecule has 0 saturated carbocycles. The summed E-state index contributed by atoms with van der Waals surface area (Å²) in [4.78, 5) is 19.2. The second-order valence-electron chi connectivity index (χ2n) is 4.62. The summed E-state index contributed by atoms with van der Waals surface area (Å²) in [5.74, 6) is 0.591. The van der Waals surface area contributed by atoms with E-state index in [2.05, 4.69) is 20.4 Å². The molecule has 2 heterocycles. The number of hydrogen-bond donors (Lipinski definition) is 2. The number of hydrogen-bond acceptors (Lipinski definition) is 4. The van der Waals surface area contributed by atoms with Crippen LogP contribution in [0.4, 0.5) is 0 Å². The quantitative estimate of drug-likeness (QED) is 0.763. The number of aromatic amines is 1. The highest BCUT2D eigenvalue weighted by Crippen LogP contribution is 2.14. The van der Waals surface area contributed by atoms with Crippen molar-refractivity contribution in [3.8, 4) is 0 Å². The number of rotatable bonds is 3. The molecular weight excluding hydrogens is 256 g/mol. The van der Waals surface area contributed by atoms with E-state index >= 15 is 0 Å². The van der Waals surface area contributed by atoms with Crippen molar-refractivity contribution in [1.82, 2.24) is 20.4 Å². The molecule has 0 bridgehead atoms. The van der Waals surface area contributed by atoms with Crippen LogP contribution in [0.1, 0.15) is 27.4 Å². The molecule has 1 amide bonds. The molecule has 2 aromatic heterocycles. The zero-order valence-corrected chi connectivity index (χ0v) is 11.2. The van der Waals surface area contributed by atoms with E-state index in [0.29, 0.717) is 12.1 Å². The topological polar surface area (TPSA) is 83.8 Å². The summed E-state index contributed by atoms with van der Waals surface area (Å²) in [7, 11) is 0. The standard InChI is InChI=1S/C14H14N4O2/c1-8-11(9(2)20-18-8)6-15-14(19)10-3-4-12-13(5-10)17-7-16-12/h3-5,7H,6H2,1-2H3,(H,15,19)(H,16,17). The van der Waals surface area contributed by atoms with Gasteiger partial charge in [0.1, 0.15) is 5.76 Å². The van der Waals surface area contributed by atoms with Crippen LogP contribution in [-0.2, 0) is 6.54 Å². The third-order valence-corrected chi connectivity index (χ3v) is 3.29. The Morgan fingerprint density at radius 3 is 3.00 bits per heavy atom. The van der Waals surface area contributed by atoms with Gasteiger partial charge in [-0.25, -0.2) is 4.98 Å². The number of nitrogens with zero attached hydrogens (tertiary/aromatic N) is 2. The maximum absolute atomic E-state index is 12.1. The van der Waals surface area contributed by atoms with Gasteiger partial charge < -0.3 is 14.8 Å². The number of amides is 1. The highest BCUT2D eigenvalue weighted by Gasteiger charge is 2.12. The monoisotopic (exact) mass is 270 g/mol. The van der Waals surface area contributed by atoms with Crippen LogP contribution in [-0.4, -0.2) is 21.0 Å². The second-order valence-corrected chi connectivity index (χ2v) is 4.62. The lowest BCUT2D eigenvalue weighted by Crippen LogP contribution is -2.23. The van der Waals surface area contributed by atoms with Crippen molar-refractivity contribution in [1.29, 1.82) is 0 Å². The molecule has 2 N–H and O–H groups in total. The average molecular weight is 270 g/mol. The normalized spacial score (nSPS) is 10.9. The lowest BCUT2D eigenvalue weighted by atomic mass is 10.1. The van der Waals surface area contributed by atoms with Crippen LogP contribution in [0, 0.1) is 13.8 Å². The van der Waals surface area contributed by atoms with E-state index in [1.165, 1.54) is 0 Å². The average Bonchev–Trinajstić information content (AvgIpc) is 3.03. The summed E-state index contributed by atoms with van der Waals surface area (Å²) in [6.45, 7) is 4.09. The van der Waals surface area contributed by atoms with Gasteiger partial charge >= 0.3 is 0 Å². The van der Waals surface area contributed by atoms with E-state index in [4.69, 9.17) is 4.52 Å². The number of carbonyl (C=O) groups is 1. The van der Waals surface area contributed by atoms with Gasteiger partial charge in [0.05, 0.1) is 23.1 Å². The van der Waals surface area contributed by atoms with E-state index in [0.717, 1.165) is 28.1 Å². The Morgan fingerprint density at radius 1 is 1.40 bits per heavy atom. The van der Waals surface area contributed by atoms with Gasteiger partial charge in [-0.05, 0) is 32.0 Å². The van der Waals surface area contributed by atoms with Gasteiger partial charge in [-0.2, -0.15) is 0 Å². The zero-order valence-electron chi connectivity index (χ0n) is 11.2. The number of aromatic nitrogens is 3. The number of imidazole rings is 1. The molecule has 3 rings (SSSR count). The summed E-state index contributed by atoms with van der Waals surface area (Å²) in [5, 5.41) is 6.73. The first-order valence-electron chi connectivity index (χ1n) is 6.28. The number of H-pyrrole nitrogens is 1. The summed E-state index contributed by atoms with van der Waals surface area (Å²) in [6, 6.07) is 5.35. The number of fused-ring (bicyclic) bond motifs is 1. The molecular formula is C14H14N4O2. The third-order valence-electron chi connectivity index (χ3n) is 3.29. The Hall–Kier alpha value is -2.63. The van der Waals surface area contributed by atoms with Crippen molar-refractivity contribution in [3.05, 3.63) is 47.1 Å². The van der Waals surface area contributed by atoms with Crippen LogP contribution in [0.25, 0.3) is 11.0 Å². The van der Waals surface area contributed by atoms with Crippen LogP contribution in [0.5, 0.6) is 0 Å². The Bertz CT molecular complexity index is 753. The van der Waals surface area contributed by atoms with Crippen LogP contribution in [0.15, 0.2) is 29.0 Å². The van der Waals surface area contributed by atoms with Crippen molar-refractivity contribution < 1.29 is 9.32 Å². The van der Waals surface area contributed by atoms with E-state index in [1.807, 2.05) is 19.9 Å². The van der Waals surface area contributed by atoms with Gasteiger partial charge in [-0.15, -0.1) is 0 Å². The van der Waals surface area contributed by atoms with Crippen molar-refractivity contribution in [3.63, 3.8) is 0 Å². The van der Waals surface area contributed by atoms with E-state index in [1.54, 1.807) is 18.5 Å². The molecule has 0 aliphatic heterocycles. The number of nitrogens with one attached hydrogen (secondary N) is 2. The predicted molar refractivity (Wildman–Crippen MR) is 73.2 cm³/mol. The van der Waals surface area contributed by atoms with Crippen LogP contribution < -0.4 is 5.32 Å². The maximum Gasteiger partial charge on any atom is 0.251 e. The Labute approximate surface area is 115 Å². The molecule has 0 aliphatic carbocycles. The smallest absolute Gasteiger partial charge is 0.251 e. The minimum Gasteiger partial charge on any atom is -0.361 e. The highest BCUT2D eigenvalue weighted by molar-refractivity contribution is 5.97. The minimum atomic E-state index is -0.137. The molecule has 6 heteroatoms. The summed E-state index contributed by atoms with van der Waals surface area (Å²) in [6.07, 6.45) is 1.61. The minimum absolute atomic E-state index is 0.137. The fourth-order valence-corrected chi connectivity index (χ4v) is 2.10. The number of benzene rings is 1. The van der Waals surface area contributed by atoms with Crippen molar-refractivity contribution >= 4 is 16.9 Å². The lowest BCUT2D eigenvalue weighted by Gasteiger charge is -2.05. The molecule has 0 aliphatic rings. The van der Waals surface area contributed by atoms with Crippen molar-refractivity contribution in [2.45, 2.75) is 20.4 Å². The molecule has 102 valence electrons. The van der Waals surface area contributed by atoms with Gasteiger partial charge in [-0.3, -0.25) is 4.79 Å². The Kier molecular flexibility index (Phi) is 2.98. The fraction of sp³-hybridized carbons (Fsp3) is 0.214. The SMILES string of the molecule is Cc1noc(C)c1CNC(=O)c1ccc2nc[nH]c2c1. The first-order chi connectivity index (χ1) is 9.65. The van der Waals surface area contributed by atoms with Crippen LogP contribution >= 0.6 is 0 Å². The fourth-order valence-electron chi connectivity index (χ4n) is 2.10. The molecule has 1 aromatic carbocycles. The van der Waals surface area contributed by atoms with Gasteiger partial charge in [0.15, 0.2) is 0 Å². The molecule has 20 heavy (non-hydrogen) atoms. The maximum atomic E-state index is 12.1. The van der Waals surface area contributed by atoms with Crippen LogP contribution in [0.3, 0.4) is 0 Å². The summed E-state index contributed by atoms with van der Waals surface area (Å²) in [5.41, 5.74) is 3.99. The van der Waals surface area contributed by atoms with Crippen molar-refractivity contribution in [2.75, 3.05) is 0 Å². The molecule has 0 saturated heterocycles. The molecule has 0 unspecified atom stereocenters. The molecule has 3 aromatic rings. The first kappa shape index (κ1) is 12.4. The number of carbonyl (C=O) groups excluding carboxylic acids is 1. The summed E-state index contributed by atoms with van der Waals surface area (Å²) >= 11 is 0. The largest absolute Gasteiger partial charge is 0.361 e.